The van der Waals surface area contributed by atoms with Gasteiger partial charge in [0.1, 0.15) is 11.5 Å². The summed E-state index contributed by atoms with van der Waals surface area (Å²) >= 11 is 1.52. The van der Waals surface area contributed by atoms with Crippen molar-refractivity contribution in [3.63, 3.8) is 0 Å². The molecular formula is C40H39N7O6S. The predicted molar refractivity (Wildman–Crippen MR) is 207 cm³/mol. The van der Waals surface area contributed by atoms with Crippen LogP contribution in [0.5, 0.6) is 11.5 Å². The van der Waals surface area contributed by atoms with E-state index in [1.165, 1.54) is 35.6 Å². The van der Waals surface area contributed by atoms with E-state index >= 15 is 0 Å². The number of hydrogen-bond donors (Lipinski definition) is 3. The molecule has 0 saturated heterocycles. The zero-order chi connectivity index (χ0) is 37.9. The first-order valence-electron chi connectivity index (χ1n) is 17.4. The van der Waals surface area contributed by atoms with Gasteiger partial charge in [0.15, 0.2) is 0 Å². The maximum atomic E-state index is 13.2. The fourth-order valence-corrected chi connectivity index (χ4v) is 7.80. The number of anilines is 4. The minimum atomic E-state index is -0.289. The fraction of sp³-hybridized carbons (Fsp3) is 0.250. The van der Waals surface area contributed by atoms with Crippen LogP contribution in [0.3, 0.4) is 0 Å². The van der Waals surface area contributed by atoms with E-state index in [0.717, 1.165) is 43.8 Å². The number of methoxy groups -OCH3 is 2. The summed E-state index contributed by atoms with van der Waals surface area (Å²) in [7, 11) is 3.20. The number of nitrogens with zero attached hydrogens (tertiary/aromatic N) is 4. The lowest BCUT2D eigenvalue weighted by atomic mass is 10.0. The number of ether oxygens (including phenoxy) is 2. The Hall–Kier alpha value is -6.15. The summed E-state index contributed by atoms with van der Waals surface area (Å²) < 4.78 is 10.5. The molecule has 7 rings (SSSR count). The van der Waals surface area contributed by atoms with Gasteiger partial charge in [0.25, 0.3) is 0 Å². The van der Waals surface area contributed by atoms with Gasteiger partial charge < -0.3 is 25.4 Å². The molecule has 14 heteroatoms. The second-order valence-electron chi connectivity index (χ2n) is 13.1. The summed E-state index contributed by atoms with van der Waals surface area (Å²) in [5.74, 6) is 0.569. The third-order valence-corrected chi connectivity index (χ3v) is 10.5. The van der Waals surface area contributed by atoms with Gasteiger partial charge in [-0.25, -0.2) is 10.0 Å². The van der Waals surface area contributed by atoms with E-state index in [2.05, 4.69) is 26.2 Å². The van der Waals surface area contributed by atoms with E-state index in [1.54, 1.807) is 14.2 Å². The number of fused-ring (bicyclic) bond motifs is 2. The highest BCUT2D eigenvalue weighted by Crippen LogP contribution is 2.46. The van der Waals surface area contributed by atoms with Crippen molar-refractivity contribution in [2.24, 2.45) is 10.2 Å². The van der Waals surface area contributed by atoms with Crippen molar-refractivity contribution in [1.82, 2.24) is 10.0 Å². The number of amides is 4. The molecule has 54 heavy (non-hydrogen) atoms. The molecule has 0 aromatic heterocycles. The quantitative estimate of drug-likeness (QED) is 0.135. The van der Waals surface area contributed by atoms with Crippen molar-refractivity contribution in [2.45, 2.75) is 61.4 Å². The van der Waals surface area contributed by atoms with Crippen LogP contribution in [0, 0.1) is 0 Å². The third-order valence-electron chi connectivity index (χ3n) is 9.34. The number of carbonyl (C=O) groups excluding carboxylic acids is 4. The van der Waals surface area contributed by atoms with Gasteiger partial charge in [-0.15, -0.1) is 0 Å². The van der Waals surface area contributed by atoms with Gasteiger partial charge in [0.05, 0.1) is 61.9 Å². The van der Waals surface area contributed by atoms with Crippen LogP contribution >= 0.6 is 11.8 Å². The highest BCUT2D eigenvalue weighted by atomic mass is 32.2. The molecule has 0 saturated carbocycles. The molecule has 0 bridgehead atoms. The molecule has 0 spiro atoms. The first-order valence-corrected chi connectivity index (χ1v) is 18.2. The van der Waals surface area contributed by atoms with Crippen LogP contribution in [0.4, 0.5) is 22.7 Å². The largest absolute Gasteiger partial charge is 0.497 e. The highest BCUT2D eigenvalue weighted by molar-refractivity contribution is 7.99. The summed E-state index contributed by atoms with van der Waals surface area (Å²) in [4.78, 5) is 52.9. The molecule has 2 unspecified atom stereocenters. The molecule has 3 aliphatic heterocycles. The van der Waals surface area contributed by atoms with E-state index in [9.17, 15) is 19.2 Å². The molecule has 3 heterocycles. The Balaban J connectivity index is 0.958. The van der Waals surface area contributed by atoms with E-state index in [-0.39, 0.29) is 48.6 Å². The smallest absolute Gasteiger partial charge is 0.240 e. The van der Waals surface area contributed by atoms with E-state index in [1.807, 2.05) is 84.9 Å². The molecular weight excluding hydrogens is 707 g/mol. The first kappa shape index (κ1) is 36.2. The number of rotatable bonds is 10. The van der Waals surface area contributed by atoms with Crippen molar-refractivity contribution >= 4 is 69.6 Å². The van der Waals surface area contributed by atoms with E-state index in [0.29, 0.717) is 35.6 Å². The summed E-state index contributed by atoms with van der Waals surface area (Å²) in [6, 6.07) is 25.7. The number of nitrogens with one attached hydrogen (secondary N) is 3. The minimum Gasteiger partial charge on any atom is -0.497 e. The van der Waals surface area contributed by atoms with Crippen molar-refractivity contribution in [2.75, 3.05) is 30.2 Å². The van der Waals surface area contributed by atoms with Crippen LogP contribution in [0.1, 0.15) is 62.7 Å². The molecule has 0 aliphatic carbocycles. The molecule has 3 N–H and O–H groups in total. The average molecular weight is 746 g/mol. The Kier molecular flexibility index (Phi) is 10.4. The van der Waals surface area contributed by atoms with Gasteiger partial charge in [-0.1, -0.05) is 36.0 Å². The van der Waals surface area contributed by atoms with Crippen LogP contribution in [-0.2, 0) is 19.2 Å². The predicted octanol–water partition coefficient (Wildman–Crippen LogP) is 7.27. The normalized spacial score (nSPS) is 17.0. The fourth-order valence-electron chi connectivity index (χ4n) is 6.73. The number of carbonyl (C=O) groups is 4. The zero-order valence-electron chi connectivity index (χ0n) is 30.2. The SMILES string of the molecule is COc1ccc(C2CC(CC(=O)Nc3ccc4c(c3)Sc3cc(NC(=O)CC5=NN(C(C)=O)C(c6ccc(OC)cc6)C5)ccc3N4)=NN2C(C)=O)cc1. The summed E-state index contributed by atoms with van der Waals surface area (Å²) in [5, 5.41) is 21.2. The van der Waals surface area contributed by atoms with Crippen molar-refractivity contribution in [3.05, 3.63) is 96.1 Å². The van der Waals surface area contributed by atoms with Crippen LogP contribution < -0.4 is 25.4 Å². The highest BCUT2D eigenvalue weighted by Gasteiger charge is 2.33. The van der Waals surface area contributed by atoms with Gasteiger partial charge in [-0.3, -0.25) is 19.2 Å². The zero-order valence-corrected chi connectivity index (χ0v) is 31.0. The second-order valence-corrected chi connectivity index (χ2v) is 14.2. The molecule has 276 valence electrons. The maximum Gasteiger partial charge on any atom is 0.240 e. The topological polar surface area (TPSA) is 154 Å². The molecule has 0 radical (unpaired) electrons. The minimum absolute atomic E-state index is 0.0478. The second kappa shape index (κ2) is 15.4. The Morgan fingerprint density at radius 2 is 1.07 bits per heavy atom. The van der Waals surface area contributed by atoms with E-state index in [4.69, 9.17) is 9.47 Å². The third kappa shape index (κ3) is 7.93. The summed E-state index contributed by atoms with van der Waals surface area (Å²) in [6.45, 7) is 2.93. The number of benzene rings is 4. The van der Waals surface area contributed by atoms with Gasteiger partial charge in [0, 0.05) is 47.9 Å². The van der Waals surface area contributed by atoms with Gasteiger partial charge in [-0.05, 0) is 71.8 Å². The Morgan fingerprint density at radius 1 is 0.667 bits per heavy atom. The number of hydrogen-bond acceptors (Lipinski definition) is 10. The van der Waals surface area contributed by atoms with Crippen LogP contribution in [0.2, 0.25) is 0 Å². The van der Waals surface area contributed by atoms with Gasteiger partial charge >= 0.3 is 0 Å². The van der Waals surface area contributed by atoms with Gasteiger partial charge in [0.2, 0.25) is 23.6 Å². The molecule has 3 aliphatic rings. The van der Waals surface area contributed by atoms with Crippen LogP contribution in [-0.4, -0.2) is 59.3 Å². The molecule has 4 aromatic rings. The average Bonchev–Trinajstić information content (AvgIpc) is 3.79. The molecule has 13 nitrogen and oxygen atoms in total. The lowest BCUT2D eigenvalue weighted by molar-refractivity contribution is -0.131. The van der Waals surface area contributed by atoms with Crippen LogP contribution in [0.25, 0.3) is 0 Å². The molecule has 2 atom stereocenters. The lowest BCUT2D eigenvalue weighted by Crippen LogP contribution is -2.24. The van der Waals surface area contributed by atoms with Crippen molar-refractivity contribution < 1.29 is 28.7 Å². The van der Waals surface area contributed by atoms with E-state index < -0.39 is 0 Å². The monoisotopic (exact) mass is 745 g/mol. The van der Waals surface area contributed by atoms with Crippen molar-refractivity contribution in [3.8, 4) is 11.5 Å². The number of hydrazone groups is 2. The standard InChI is InChI=1S/C40H39N7O6S/c1-23(48)46-35(25-5-11-31(52-3)12-6-25)17-29(44-46)21-39(50)41-27-9-15-33-37(19-27)54-38-20-28(10-16-34(38)43-33)42-40(51)22-30-18-36(47(45-30)24(2)49)26-7-13-32(53-4)14-8-26/h5-16,19-20,35-36,43H,17-18,21-22H2,1-4H3,(H,41,50)(H,42,51). The van der Waals surface area contributed by atoms with Crippen LogP contribution in [0.15, 0.2) is 105 Å². The molecule has 4 amide bonds. The van der Waals surface area contributed by atoms with Gasteiger partial charge in [-0.2, -0.15) is 10.2 Å². The maximum absolute atomic E-state index is 13.2. The van der Waals surface area contributed by atoms with Crippen molar-refractivity contribution in [1.29, 1.82) is 0 Å². The Labute approximate surface area is 316 Å². The first-order chi connectivity index (χ1) is 26.1. The lowest BCUT2D eigenvalue weighted by Gasteiger charge is -2.22. The summed E-state index contributed by atoms with van der Waals surface area (Å²) in [5.41, 5.74) is 6.10. The summed E-state index contributed by atoms with van der Waals surface area (Å²) in [6.07, 6.45) is 1.00. The Bertz CT molecular complexity index is 2030. The molecule has 4 aromatic carbocycles. The Morgan fingerprint density at radius 3 is 1.44 bits per heavy atom. The molecule has 0 fully saturated rings.